The standard InChI is InChI=1S/C21H28N4O3S/c1-14(26)25-12-6-7-15(13-25)20(28)23-17(9-4-5-11-22)19(27)21-24-16-8-2-3-10-18(16)29-21/h2-3,8,10,15,17H,4-7,9,11-13,22H2,1H3,(H,23,28)/t15-,17+/m1/s1. The van der Waals surface area contributed by atoms with Gasteiger partial charge in [0.1, 0.15) is 0 Å². The van der Waals surface area contributed by atoms with Crippen molar-refractivity contribution in [3.8, 4) is 0 Å². The van der Waals surface area contributed by atoms with Crippen LogP contribution in [0.4, 0.5) is 0 Å². The van der Waals surface area contributed by atoms with E-state index in [4.69, 9.17) is 5.73 Å². The van der Waals surface area contributed by atoms with Crippen LogP contribution in [0.2, 0.25) is 0 Å². The summed E-state index contributed by atoms with van der Waals surface area (Å²) in [6, 6.07) is 7.00. The number of piperidine rings is 1. The average molecular weight is 417 g/mol. The topological polar surface area (TPSA) is 105 Å². The normalized spacial score (nSPS) is 17.9. The second kappa shape index (κ2) is 9.93. The molecule has 0 spiro atoms. The fourth-order valence-corrected chi connectivity index (χ4v) is 4.62. The lowest BCUT2D eigenvalue weighted by Crippen LogP contribution is -2.49. The fourth-order valence-electron chi connectivity index (χ4n) is 3.65. The molecule has 1 aliphatic rings. The maximum atomic E-state index is 13.1. The highest BCUT2D eigenvalue weighted by Crippen LogP contribution is 2.24. The number of aromatic nitrogens is 1. The maximum Gasteiger partial charge on any atom is 0.225 e. The molecule has 1 aliphatic heterocycles. The Balaban J connectivity index is 1.72. The molecule has 1 saturated heterocycles. The molecule has 2 aromatic rings. The van der Waals surface area contributed by atoms with Crippen molar-refractivity contribution in [3.05, 3.63) is 29.3 Å². The molecule has 2 atom stereocenters. The number of thiazole rings is 1. The molecular weight excluding hydrogens is 388 g/mol. The zero-order chi connectivity index (χ0) is 20.8. The Bertz CT molecular complexity index is 849. The van der Waals surface area contributed by atoms with Crippen LogP contribution < -0.4 is 11.1 Å². The number of likely N-dealkylation sites (tertiary alicyclic amines) is 1. The summed E-state index contributed by atoms with van der Waals surface area (Å²) in [5.74, 6) is -0.626. The highest BCUT2D eigenvalue weighted by atomic mass is 32.1. The van der Waals surface area contributed by atoms with Crippen molar-refractivity contribution in [2.24, 2.45) is 11.7 Å². The number of hydrogen-bond acceptors (Lipinski definition) is 6. The van der Waals surface area contributed by atoms with Crippen LogP contribution in [-0.2, 0) is 9.59 Å². The number of rotatable bonds is 8. The Morgan fingerprint density at radius 1 is 1.31 bits per heavy atom. The molecule has 2 heterocycles. The van der Waals surface area contributed by atoms with E-state index in [9.17, 15) is 14.4 Å². The molecule has 156 valence electrons. The summed E-state index contributed by atoms with van der Waals surface area (Å²) in [5.41, 5.74) is 6.38. The summed E-state index contributed by atoms with van der Waals surface area (Å²) in [6.45, 7) is 3.16. The SMILES string of the molecule is CC(=O)N1CCC[C@@H](C(=O)N[C@@H](CCCCN)C(=O)c2nc3ccccc3s2)C1. The number of hydrogen-bond donors (Lipinski definition) is 2. The van der Waals surface area contributed by atoms with Gasteiger partial charge in [0.2, 0.25) is 17.6 Å². The number of nitrogens with two attached hydrogens (primary N) is 1. The van der Waals surface area contributed by atoms with E-state index in [1.54, 1.807) is 4.90 Å². The molecule has 3 N–H and O–H groups in total. The first-order chi connectivity index (χ1) is 14.0. The van der Waals surface area contributed by atoms with Gasteiger partial charge >= 0.3 is 0 Å². The highest BCUT2D eigenvalue weighted by molar-refractivity contribution is 7.20. The first kappa shape index (κ1) is 21.4. The minimum absolute atomic E-state index is 0.0208. The van der Waals surface area contributed by atoms with Crippen molar-refractivity contribution in [2.75, 3.05) is 19.6 Å². The molecule has 1 aromatic carbocycles. The van der Waals surface area contributed by atoms with E-state index >= 15 is 0 Å². The zero-order valence-electron chi connectivity index (χ0n) is 16.7. The van der Waals surface area contributed by atoms with Gasteiger partial charge < -0.3 is 16.0 Å². The molecule has 8 heteroatoms. The molecule has 1 aromatic heterocycles. The van der Waals surface area contributed by atoms with Gasteiger partial charge in [-0.1, -0.05) is 12.1 Å². The van der Waals surface area contributed by atoms with Gasteiger partial charge in [-0.25, -0.2) is 4.98 Å². The fraction of sp³-hybridized carbons (Fsp3) is 0.524. The van der Waals surface area contributed by atoms with E-state index in [0.717, 1.165) is 35.9 Å². The largest absolute Gasteiger partial charge is 0.346 e. The summed E-state index contributed by atoms with van der Waals surface area (Å²) in [4.78, 5) is 43.8. The van der Waals surface area contributed by atoms with E-state index in [1.807, 2.05) is 24.3 Å². The Morgan fingerprint density at radius 2 is 2.10 bits per heavy atom. The zero-order valence-corrected chi connectivity index (χ0v) is 17.5. The van der Waals surface area contributed by atoms with Crippen molar-refractivity contribution in [1.82, 2.24) is 15.2 Å². The van der Waals surface area contributed by atoms with Crippen LogP contribution in [0.15, 0.2) is 24.3 Å². The van der Waals surface area contributed by atoms with Crippen molar-refractivity contribution in [1.29, 1.82) is 0 Å². The van der Waals surface area contributed by atoms with E-state index in [1.165, 1.54) is 18.3 Å². The lowest BCUT2D eigenvalue weighted by Gasteiger charge is -2.32. The number of amides is 2. The number of fused-ring (bicyclic) bond motifs is 1. The number of nitrogens with zero attached hydrogens (tertiary/aromatic N) is 2. The molecular formula is C21H28N4O3S. The van der Waals surface area contributed by atoms with E-state index in [-0.39, 0.29) is 23.5 Å². The molecule has 29 heavy (non-hydrogen) atoms. The average Bonchev–Trinajstić information content (AvgIpc) is 3.17. The maximum absolute atomic E-state index is 13.1. The van der Waals surface area contributed by atoms with Crippen molar-refractivity contribution in [3.63, 3.8) is 0 Å². The third-order valence-corrected chi connectivity index (χ3v) is 6.37. The molecule has 0 bridgehead atoms. The Hall–Kier alpha value is -2.32. The van der Waals surface area contributed by atoms with Gasteiger partial charge in [0.05, 0.1) is 22.2 Å². The van der Waals surface area contributed by atoms with E-state index < -0.39 is 6.04 Å². The minimum Gasteiger partial charge on any atom is -0.346 e. The number of carbonyl (C=O) groups is 3. The van der Waals surface area contributed by atoms with Crippen molar-refractivity contribution >= 4 is 39.2 Å². The van der Waals surface area contributed by atoms with Crippen LogP contribution in [0.3, 0.4) is 0 Å². The van der Waals surface area contributed by atoms with E-state index in [0.29, 0.717) is 31.1 Å². The molecule has 1 fully saturated rings. The van der Waals surface area contributed by atoms with Gasteiger partial charge in [0.25, 0.3) is 0 Å². The number of ketones is 1. The van der Waals surface area contributed by atoms with Crippen molar-refractivity contribution < 1.29 is 14.4 Å². The molecule has 0 radical (unpaired) electrons. The molecule has 2 amide bonds. The number of nitrogens with one attached hydrogen (secondary N) is 1. The summed E-state index contributed by atoms with van der Waals surface area (Å²) in [5, 5.41) is 3.36. The van der Waals surface area contributed by atoms with Crippen molar-refractivity contribution in [2.45, 2.75) is 45.1 Å². The van der Waals surface area contributed by atoms with Gasteiger partial charge in [0.15, 0.2) is 5.01 Å². The van der Waals surface area contributed by atoms with Gasteiger partial charge in [0, 0.05) is 20.0 Å². The smallest absolute Gasteiger partial charge is 0.225 e. The first-order valence-corrected chi connectivity index (χ1v) is 11.0. The Kier molecular flexibility index (Phi) is 7.33. The third-order valence-electron chi connectivity index (χ3n) is 5.32. The predicted molar refractivity (Wildman–Crippen MR) is 114 cm³/mol. The van der Waals surface area contributed by atoms with Crippen LogP contribution in [0, 0.1) is 5.92 Å². The van der Waals surface area contributed by atoms with Gasteiger partial charge in [-0.05, 0) is 50.8 Å². The van der Waals surface area contributed by atoms with Gasteiger partial charge in [-0.15, -0.1) is 11.3 Å². The van der Waals surface area contributed by atoms with Crippen LogP contribution in [0.25, 0.3) is 10.2 Å². The number of unbranched alkanes of at least 4 members (excludes halogenated alkanes) is 1. The molecule has 0 aliphatic carbocycles. The van der Waals surface area contributed by atoms with Gasteiger partial charge in [-0.2, -0.15) is 0 Å². The number of benzene rings is 1. The lowest BCUT2D eigenvalue weighted by atomic mass is 9.96. The summed E-state index contributed by atoms with van der Waals surface area (Å²) >= 11 is 1.35. The van der Waals surface area contributed by atoms with Crippen LogP contribution in [0.1, 0.15) is 48.8 Å². The number of carbonyl (C=O) groups excluding carboxylic acids is 3. The van der Waals surface area contributed by atoms with Gasteiger partial charge in [-0.3, -0.25) is 14.4 Å². The number of Topliss-reactive ketones (excluding diaryl/α,β-unsaturated/α-hetero) is 1. The number of para-hydroxylation sites is 1. The molecule has 3 rings (SSSR count). The second-order valence-electron chi connectivity index (χ2n) is 7.50. The highest BCUT2D eigenvalue weighted by Gasteiger charge is 2.31. The summed E-state index contributed by atoms with van der Waals surface area (Å²) in [7, 11) is 0. The molecule has 0 saturated carbocycles. The Labute approximate surface area is 174 Å². The van der Waals surface area contributed by atoms with Crippen LogP contribution in [-0.4, -0.2) is 53.2 Å². The van der Waals surface area contributed by atoms with E-state index in [2.05, 4.69) is 10.3 Å². The van der Waals surface area contributed by atoms with Crippen LogP contribution >= 0.6 is 11.3 Å². The minimum atomic E-state index is -0.623. The summed E-state index contributed by atoms with van der Waals surface area (Å²) in [6.07, 6.45) is 3.59. The Morgan fingerprint density at radius 3 is 2.83 bits per heavy atom. The van der Waals surface area contributed by atoms with Crippen LogP contribution in [0.5, 0.6) is 0 Å². The third kappa shape index (κ3) is 5.39. The summed E-state index contributed by atoms with van der Waals surface area (Å²) < 4.78 is 0.951. The monoisotopic (exact) mass is 416 g/mol. The lowest BCUT2D eigenvalue weighted by molar-refractivity contribution is -0.134. The quantitative estimate of drug-likeness (QED) is 0.508. The molecule has 0 unspecified atom stereocenters. The first-order valence-electron chi connectivity index (χ1n) is 10.2. The second-order valence-corrected chi connectivity index (χ2v) is 8.53. The molecule has 7 nitrogen and oxygen atoms in total. The predicted octanol–water partition coefficient (Wildman–Crippen LogP) is 2.35.